The van der Waals surface area contributed by atoms with Crippen molar-refractivity contribution in [2.24, 2.45) is 99.6 Å². The number of aromatic nitrogens is 2. The molecule has 16 N–H and O–H groups in total. The number of hydrogen-bond acceptors (Lipinski definition) is 13. The standard InChI is InChI=1S/C20H24N2O2.C19H22N2O.4C10H18O2.2C10H18O.C2H2.4CH2Cl2.CH4.B2.4H2O.H2/c1-3-13-12-22-9-7-14(13)10-19(22)20(23)16-6-8-21-18-5-4-15(24-2)11-17(16)18;1-2-13-12-21-10-8-14(13)11-18(21)19(22)16-7-9-20-17-6-4-3-5-15(16)17;4*1-2-3-8-4-6-9(7-5-8)10(11)12;1-9(2)7-4-5-10(9,3)6-8(7)11;1-8(2)10-5-3-9(7-11)4-6-10;1-2;4*2-1-3;;1-2;;;;;/h3-6,8,11,13-14,19-20,23H,1,7,9-10,12H2,2H3;2-7,9,13-14,18-19,22H,1,8,10-12H2;4*8-9H,2-7H2,1H3,(H,11,12);7-8,11H,4-6H2,1-3H3;9-11H,1,3-7H2,2H3;1-2H;4*1H2;1H4;;4*1H2;1H/t13-,14-,19-,20+;13-,14?,18?,19-;;;;;7-,8-,10+;;;;;;;;;;;;;/m01....1............./s1/i;;;;;;;;;;;;;;;;;;;1+2T. The molecule has 4 unspecified atom stereocenters. The van der Waals surface area contributed by atoms with Gasteiger partial charge in [-0.05, 0) is 317 Å². The largest absolute Gasteiger partial charge is 0.497 e. The van der Waals surface area contributed by atoms with E-state index in [0.717, 1.165) is 216 Å². The van der Waals surface area contributed by atoms with E-state index in [0.29, 0.717) is 52.9 Å². The zero-order valence-electron chi connectivity index (χ0n) is 85.0. The molecule has 0 spiro atoms. The highest BCUT2D eigenvalue weighted by Gasteiger charge is 2.60. The Morgan fingerprint density at radius 1 is 0.518 bits per heavy atom. The predicted molar refractivity (Wildman–Crippen MR) is 579 cm³/mol. The summed E-state index contributed by atoms with van der Waals surface area (Å²) in [5.74, 6) is 5.86. The molecule has 8 heterocycles. The van der Waals surface area contributed by atoms with Crippen LogP contribution < -0.4 is 4.74 Å². The number of benzene rings is 2. The zero-order valence-corrected chi connectivity index (χ0v) is 89.1. The van der Waals surface area contributed by atoms with E-state index in [2.05, 4.69) is 141 Å². The first-order valence-electron chi connectivity index (χ1n) is 49.7. The highest BCUT2D eigenvalue weighted by atomic mass is 35.5. The Morgan fingerprint density at radius 2 is 0.832 bits per heavy atom. The second kappa shape index (κ2) is 78.2. The van der Waals surface area contributed by atoms with E-state index in [4.69, 9.17) is 126 Å². The molecular formula is C106H178B2Cl8N4O17. The van der Waals surface area contributed by atoms with E-state index in [9.17, 15) is 34.5 Å². The fourth-order valence-electron chi connectivity index (χ4n) is 22.2. The number of rotatable bonds is 21. The predicted octanol–water partition coefficient (Wildman–Crippen LogP) is 24.4. The van der Waals surface area contributed by atoms with Gasteiger partial charge in [0.25, 0.3) is 0 Å². The number of allylic oxidation sites excluding steroid dienone is 1. The summed E-state index contributed by atoms with van der Waals surface area (Å²) in [6.45, 7) is 34.4. The van der Waals surface area contributed by atoms with Crippen LogP contribution in [0.1, 0.15) is 314 Å². The van der Waals surface area contributed by atoms with Crippen LogP contribution in [0.3, 0.4) is 0 Å². The lowest BCUT2D eigenvalue weighted by molar-refractivity contribution is -0.144. The summed E-state index contributed by atoms with van der Waals surface area (Å²) in [6, 6.07) is 18.2. The number of carboxylic acids is 4. The van der Waals surface area contributed by atoms with Gasteiger partial charge in [-0.3, -0.25) is 38.9 Å². The van der Waals surface area contributed by atoms with E-state index in [1.165, 1.54) is 108 Å². The van der Waals surface area contributed by atoms with Gasteiger partial charge in [0.1, 0.15) is 5.75 Å². The Morgan fingerprint density at radius 3 is 1.09 bits per heavy atom. The molecule has 4 aromatic rings. The normalized spacial score (nSPS) is 28.5. The third-order valence-corrected chi connectivity index (χ3v) is 30.3. The van der Waals surface area contributed by atoms with Crippen LogP contribution in [0, 0.1) is 112 Å². The molecule has 13 aliphatic rings. The summed E-state index contributed by atoms with van der Waals surface area (Å²) in [6.07, 6.45) is 54.2. The van der Waals surface area contributed by atoms with E-state index in [1.54, 1.807) is 13.3 Å². The third-order valence-electron chi connectivity index (χ3n) is 30.3. The molecule has 13 fully saturated rings. The van der Waals surface area contributed by atoms with Crippen LogP contribution in [-0.4, -0.2) is 201 Å². The second-order valence-corrected chi connectivity index (χ2v) is 41.5. The Bertz CT molecular complexity index is 3710. The number of fused-ring (bicyclic) bond motifs is 10. The van der Waals surface area contributed by atoms with Crippen LogP contribution in [0.25, 0.3) is 21.8 Å². The molecule has 21 nitrogen and oxygen atoms in total. The summed E-state index contributed by atoms with van der Waals surface area (Å²) in [7, 11) is 9.66. The molecule has 6 aliphatic heterocycles. The minimum absolute atomic E-state index is 0. The van der Waals surface area contributed by atoms with Crippen molar-refractivity contribution in [3.8, 4) is 18.6 Å². The highest BCUT2D eigenvalue weighted by Crippen LogP contribution is 2.65. The number of aliphatic carboxylic acids is 4. The van der Waals surface area contributed by atoms with Gasteiger partial charge in [0.15, 0.2) is 0 Å². The number of nitrogens with zero attached hydrogens (tertiary/aromatic N) is 4. The van der Waals surface area contributed by atoms with Crippen LogP contribution in [0.15, 0.2) is 104 Å². The number of methoxy groups -OCH3 is 1. The minimum atomic E-state index is -0.593. The van der Waals surface area contributed by atoms with Gasteiger partial charge in [-0.2, -0.15) is 0 Å². The van der Waals surface area contributed by atoms with Gasteiger partial charge in [0.05, 0.1) is 81.5 Å². The molecule has 4 radical (unpaired) electrons. The van der Waals surface area contributed by atoms with Crippen molar-refractivity contribution in [2.45, 2.75) is 318 Å². The van der Waals surface area contributed by atoms with Gasteiger partial charge in [0.2, 0.25) is 0 Å². The van der Waals surface area contributed by atoms with Gasteiger partial charge in [-0.1, -0.05) is 150 Å². The number of aliphatic hydroxyl groups excluding tert-OH is 4. The number of piperidine rings is 6. The summed E-state index contributed by atoms with van der Waals surface area (Å²) in [5, 5.41) is 78.6. The molecule has 7 saturated carbocycles. The molecule has 31 heteroatoms. The minimum Gasteiger partial charge on any atom is -0.497 e. The number of hydrogen-bond donors (Lipinski definition) is 8. The van der Waals surface area contributed by atoms with E-state index >= 15 is 0 Å². The van der Waals surface area contributed by atoms with Crippen LogP contribution in [0.5, 0.6) is 5.75 Å². The monoisotopic (exact) mass is 2090 g/mol. The lowest BCUT2D eigenvalue weighted by Crippen LogP contribution is -2.54. The third kappa shape index (κ3) is 46.8. The lowest BCUT2D eigenvalue weighted by Gasteiger charge is -2.50. The van der Waals surface area contributed by atoms with Crippen molar-refractivity contribution < 1.29 is 89.6 Å². The maximum absolute atomic E-state index is 11.2. The number of para-hydroxylation sites is 1. The average Bonchev–Trinajstić information content (AvgIpc) is 1.58. The van der Waals surface area contributed by atoms with E-state index in [1.807, 2.05) is 54.7 Å². The molecule has 6 saturated heterocycles. The average molecular weight is 2090 g/mol. The first-order chi connectivity index (χ1) is 64.3. The molecule has 137 heavy (non-hydrogen) atoms. The van der Waals surface area contributed by atoms with Crippen LogP contribution >= 0.6 is 92.8 Å². The molecule has 13 atom stereocenters. The van der Waals surface area contributed by atoms with E-state index in [-0.39, 0.29) is 92.5 Å². The maximum Gasteiger partial charge on any atom is 0.306 e. The summed E-state index contributed by atoms with van der Waals surface area (Å²) in [4.78, 5) is 56.2. The van der Waals surface area contributed by atoms with Gasteiger partial charge in [-0.15, -0.1) is 119 Å². The quantitative estimate of drug-likeness (QED) is 0.0166. The molecule has 2 aromatic heterocycles. The molecular weight excluding hydrogens is 1910 g/mol. The van der Waals surface area contributed by atoms with Crippen molar-refractivity contribution in [2.75, 3.05) is 61.3 Å². The Labute approximate surface area is 870 Å². The number of terminal acetylenes is 1. The van der Waals surface area contributed by atoms with Gasteiger partial charge in [0, 0.05) is 73.4 Å². The summed E-state index contributed by atoms with van der Waals surface area (Å²) < 4.78 is 15.3. The number of ether oxygens (including phenoxy) is 1. The Balaban J connectivity index is -0.000000485. The fraction of sp³-hybridized carbons (Fsp3) is 0.717. The molecule has 7 aliphatic carbocycles. The molecule has 6 bridgehead atoms. The first kappa shape index (κ1) is 137. The van der Waals surface area contributed by atoms with Crippen LogP contribution in [-0.2, 0) is 19.2 Å². The molecule has 2 aromatic carbocycles. The molecule has 786 valence electrons. The smallest absolute Gasteiger partial charge is 0.306 e. The summed E-state index contributed by atoms with van der Waals surface area (Å²) in [5.41, 5.74) is 5.95. The number of carbonyl (C=O) groups is 4. The van der Waals surface area contributed by atoms with Crippen molar-refractivity contribution >= 4 is 154 Å². The summed E-state index contributed by atoms with van der Waals surface area (Å²) >= 11 is 38.1. The number of alkyl halides is 8. The van der Waals surface area contributed by atoms with Gasteiger partial charge < -0.3 is 67.5 Å². The second-order valence-electron chi connectivity index (χ2n) is 38.3. The molecule has 0 amide bonds. The SMILES string of the molecule is C.C#C.C=C(C)C1CCC(CO)CC1.C=C[C@@H]1CN2CCC1CC2[C@H](O)c1ccnc2ccccc12.C=C[C@H]1CN2CC[C@H]1C[C@H]2[C@H](O)c1ccnc2ccc(OC)cc12.CC1(C)[C@@H]2CC[C@@]1(C)C[C@H]2O.CCCC1CCC(C(=O)O)CC1.CCCC1CCC(C(=O)O)CC1.CCCC1CCC(C(=O)O)CC1.CCCC1CCC(C(=O)O)CC1.ClCCl.ClCCl.ClCCl.ClCCl.O.O.O.O.[3H][3H].[B][B]. The maximum atomic E-state index is 11.2. The zero-order chi connectivity index (χ0) is 101. The fourth-order valence-corrected chi connectivity index (χ4v) is 22.2. The van der Waals surface area contributed by atoms with Crippen molar-refractivity contribution in [3.05, 3.63) is 116 Å². The highest BCUT2D eigenvalue weighted by molar-refractivity contribution is 6.75. The van der Waals surface area contributed by atoms with E-state index < -0.39 is 36.1 Å². The number of aliphatic hydroxyl groups is 4. The van der Waals surface area contributed by atoms with Crippen molar-refractivity contribution in [1.82, 2.24) is 19.8 Å². The van der Waals surface area contributed by atoms with Crippen LogP contribution in [0.4, 0.5) is 0 Å². The van der Waals surface area contributed by atoms with Crippen LogP contribution in [0.2, 0.25) is 0 Å². The van der Waals surface area contributed by atoms with Gasteiger partial charge >= 0.3 is 23.9 Å². The number of pyridine rings is 2. The Hall–Kier alpha value is -4.23. The topological polar surface area (TPSA) is 398 Å². The van der Waals surface area contributed by atoms with Crippen molar-refractivity contribution in [3.63, 3.8) is 0 Å². The Kier molecular flexibility index (Phi) is 78.1. The lowest BCUT2D eigenvalue weighted by atomic mass is 9.71. The molecule has 17 rings (SSSR count). The number of halogens is 8. The number of carboxylic acid groups (broad SMARTS) is 4. The first-order valence-corrected chi connectivity index (χ1v) is 52.9. The van der Waals surface area contributed by atoms with Gasteiger partial charge in [-0.25, -0.2) is 0 Å². The van der Waals surface area contributed by atoms with Crippen molar-refractivity contribution in [1.29, 1.82) is 0 Å².